The molecule has 2 amide bonds. The number of hydrogen-bond acceptors (Lipinski definition) is 8. The van der Waals surface area contributed by atoms with Gasteiger partial charge >= 0.3 is 5.97 Å². The van der Waals surface area contributed by atoms with E-state index in [1.807, 2.05) is 11.4 Å². The molecule has 11 heteroatoms. The average molecular weight is 497 g/mol. The van der Waals surface area contributed by atoms with Crippen LogP contribution in [-0.4, -0.2) is 56.6 Å². The second kappa shape index (κ2) is 9.32. The molecule has 0 aromatic carbocycles. The van der Waals surface area contributed by atoms with E-state index in [9.17, 15) is 22.8 Å². The fourth-order valence-corrected chi connectivity index (χ4v) is 7.78. The Balaban J connectivity index is 1.47. The molecule has 0 bridgehead atoms. The number of carbonyl (C=O) groups excluding carboxylic acids is 3. The molecule has 2 aromatic heterocycles. The molecule has 0 spiro atoms. The van der Waals surface area contributed by atoms with Crippen LogP contribution in [0.5, 0.6) is 0 Å². The Kier molecular flexibility index (Phi) is 6.68. The summed E-state index contributed by atoms with van der Waals surface area (Å²) < 4.78 is 29.3. The molecule has 0 atom stereocenters. The third-order valence-electron chi connectivity index (χ3n) is 5.71. The summed E-state index contributed by atoms with van der Waals surface area (Å²) in [5.74, 6) is -1.22. The quantitative estimate of drug-likeness (QED) is 0.638. The van der Waals surface area contributed by atoms with Gasteiger partial charge in [0.05, 0.1) is 28.6 Å². The van der Waals surface area contributed by atoms with Crippen molar-refractivity contribution in [2.45, 2.75) is 31.9 Å². The van der Waals surface area contributed by atoms with Crippen molar-refractivity contribution in [1.29, 1.82) is 0 Å². The molecule has 1 fully saturated rings. The lowest BCUT2D eigenvalue weighted by atomic mass is 9.95. The molecule has 2 aliphatic rings. The number of thiophene rings is 2. The van der Waals surface area contributed by atoms with Crippen LogP contribution >= 0.6 is 22.7 Å². The van der Waals surface area contributed by atoms with Gasteiger partial charge in [-0.25, -0.2) is 13.2 Å². The first-order valence-corrected chi connectivity index (χ1v) is 14.0. The number of piperidine rings is 1. The summed E-state index contributed by atoms with van der Waals surface area (Å²) in [7, 11) is -3.21. The summed E-state index contributed by atoms with van der Waals surface area (Å²) in [5.41, 5.74) is 0.940. The SMILES string of the molecule is CCOC(=O)c1c(NC(=O)C2CCN(C(=O)c3cccs3)CC2)sc2c1CCS(=O)(=O)C2. The highest BCUT2D eigenvalue weighted by molar-refractivity contribution is 7.90. The van der Waals surface area contributed by atoms with E-state index in [2.05, 4.69) is 5.32 Å². The Morgan fingerprint density at radius 3 is 2.66 bits per heavy atom. The number of ether oxygens (including phenoxy) is 1. The largest absolute Gasteiger partial charge is 0.462 e. The molecule has 172 valence electrons. The monoisotopic (exact) mass is 496 g/mol. The number of nitrogens with zero attached hydrogens (tertiary/aromatic N) is 1. The summed E-state index contributed by atoms with van der Waals surface area (Å²) in [6, 6.07) is 3.63. The Morgan fingerprint density at radius 2 is 2.00 bits per heavy atom. The number of hydrogen-bond donors (Lipinski definition) is 1. The van der Waals surface area contributed by atoms with Gasteiger partial charge in [-0.15, -0.1) is 22.7 Å². The van der Waals surface area contributed by atoms with Gasteiger partial charge in [0.25, 0.3) is 5.91 Å². The van der Waals surface area contributed by atoms with Crippen molar-refractivity contribution in [2.75, 3.05) is 30.8 Å². The van der Waals surface area contributed by atoms with Gasteiger partial charge < -0.3 is 15.0 Å². The van der Waals surface area contributed by atoms with Gasteiger partial charge in [0.1, 0.15) is 5.00 Å². The molecule has 0 saturated carbocycles. The lowest BCUT2D eigenvalue weighted by Gasteiger charge is -2.31. The van der Waals surface area contributed by atoms with Gasteiger partial charge in [-0.05, 0) is 43.2 Å². The van der Waals surface area contributed by atoms with Crippen LogP contribution in [0.1, 0.15) is 50.2 Å². The molecular formula is C21H24N2O6S3. The summed E-state index contributed by atoms with van der Waals surface area (Å²) in [4.78, 5) is 41.1. The summed E-state index contributed by atoms with van der Waals surface area (Å²) in [6.07, 6.45) is 1.29. The fourth-order valence-electron chi connectivity index (χ4n) is 4.04. The minimum atomic E-state index is -3.21. The van der Waals surface area contributed by atoms with Gasteiger partial charge in [0.2, 0.25) is 5.91 Å². The van der Waals surface area contributed by atoms with E-state index in [0.29, 0.717) is 46.2 Å². The van der Waals surface area contributed by atoms with Crippen molar-refractivity contribution in [3.63, 3.8) is 0 Å². The molecular weight excluding hydrogens is 472 g/mol. The zero-order valence-corrected chi connectivity index (χ0v) is 20.0. The van der Waals surface area contributed by atoms with E-state index in [1.54, 1.807) is 17.9 Å². The van der Waals surface area contributed by atoms with Gasteiger partial charge in [0, 0.05) is 23.9 Å². The predicted molar refractivity (Wildman–Crippen MR) is 123 cm³/mol. The molecule has 2 aromatic rings. The summed E-state index contributed by atoms with van der Waals surface area (Å²) in [5, 5.41) is 5.07. The maximum absolute atomic E-state index is 13.0. The van der Waals surface area contributed by atoms with Crippen LogP contribution in [0.4, 0.5) is 5.00 Å². The van der Waals surface area contributed by atoms with Crippen LogP contribution in [-0.2, 0) is 31.5 Å². The zero-order valence-electron chi connectivity index (χ0n) is 17.6. The number of carbonyl (C=O) groups is 3. The number of nitrogens with one attached hydrogen (secondary N) is 1. The number of sulfone groups is 1. The molecule has 0 unspecified atom stereocenters. The number of anilines is 1. The van der Waals surface area contributed by atoms with Gasteiger partial charge in [-0.3, -0.25) is 9.59 Å². The number of esters is 1. The van der Waals surface area contributed by atoms with Gasteiger partial charge in [0.15, 0.2) is 9.84 Å². The van der Waals surface area contributed by atoms with E-state index in [4.69, 9.17) is 4.74 Å². The van der Waals surface area contributed by atoms with Crippen molar-refractivity contribution in [2.24, 2.45) is 5.92 Å². The van der Waals surface area contributed by atoms with E-state index in [-0.39, 0.29) is 47.8 Å². The van der Waals surface area contributed by atoms with Gasteiger partial charge in [-0.2, -0.15) is 0 Å². The first kappa shape index (κ1) is 22.9. The molecule has 0 aliphatic carbocycles. The Morgan fingerprint density at radius 1 is 1.25 bits per heavy atom. The second-order valence-electron chi connectivity index (χ2n) is 7.80. The van der Waals surface area contributed by atoms with Crippen molar-refractivity contribution in [1.82, 2.24) is 4.90 Å². The summed E-state index contributed by atoms with van der Waals surface area (Å²) in [6.45, 7) is 2.86. The molecule has 1 N–H and O–H groups in total. The summed E-state index contributed by atoms with van der Waals surface area (Å²) >= 11 is 2.54. The lowest BCUT2D eigenvalue weighted by molar-refractivity contribution is -0.121. The van der Waals surface area contributed by atoms with E-state index >= 15 is 0 Å². The highest BCUT2D eigenvalue weighted by Gasteiger charge is 2.34. The van der Waals surface area contributed by atoms with Crippen LogP contribution in [0, 0.1) is 5.92 Å². The third kappa shape index (κ3) is 4.74. The standard InChI is InChI=1S/C21H24N2O6S3/c1-2-29-21(26)17-14-7-11-32(27,28)12-16(14)31-19(17)22-18(24)13-5-8-23(9-6-13)20(25)15-4-3-10-30-15/h3-4,10,13H,2,5-9,11-12H2,1H3,(H,22,24). The van der Waals surface area contributed by atoms with Crippen LogP contribution in [0.3, 0.4) is 0 Å². The zero-order chi connectivity index (χ0) is 22.9. The number of fused-ring (bicyclic) bond motifs is 1. The highest BCUT2D eigenvalue weighted by atomic mass is 32.2. The van der Waals surface area contributed by atoms with E-state index in [0.717, 1.165) is 11.3 Å². The molecule has 2 aliphatic heterocycles. The third-order valence-corrected chi connectivity index (χ3v) is 9.45. The normalized spacial score (nSPS) is 18.1. The lowest BCUT2D eigenvalue weighted by Crippen LogP contribution is -2.41. The van der Waals surface area contributed by atoms with Crippen LogP contribution in [0.15, 0.2) is 17.5 Å². The van der Waals surface area contributed by atoms with Crippen LogP contribution in [0.25, 0.3) is 0 Å². The predicted octanol–water partition coefficient (Wildman–Crippen LogP) is 2.95. The topological polar surface area (TPSA) is 110 Å². The molecule has 1 saturated heterocycles. The highest BCUT2D eigenvalue weighted by Crippen LogP contribution is 2.39. The number of rotatable bonds is 5. The van der Waals surface area contributed by atoms with Gasteiger partial charge in [-0.1, -0.05) is 6.07 Å². The van der Waals surface area contributed by atoms with Crippen molar-refractivity contribution in [3.05, 3.63) is 38.4 Å². The molecule has 4 rings (SSSR count). The van der Waals surface area contributed by atoms with E-state index in [1.165, 1.54) is 11.3 Å². The molecule has 8 nitrogen and oxygen atoms in total. The fraction of sp³-hybridized carbons (Fsp3) is 0.476. The smallest absolute Gasteiger partial charge is 0.341 e. The number of amides is 2. The Labute approximate surface area is 194 Å². The first-order chi connectivity index (χ1) is 15.3. The Hall–Kier alpha value is -2.24. The van der Waals surface area contributed by atoms with Crippen LogP contribution < -0.4 is 5.32 Å². The number of likely N-dealkylation sites (tertiary alicyclic amines) is 1. The van der Waals surface area contributed by atoms with Crippen molar-refractivity contribution >= 4 is 55.3 Å². The molecule has 0 radical (unpaired) electrons. The minimum absolute atomic E-state index is 0.0180. The average Bonchev–Trinajstić information content (AvgIpc) is 3.40. The maximum Gasteiger partial charge on any atom is 0.341 e. The van der Waals surface area contributed by atoms with Crippen molar-refractivity contribution in [3.8, 4) is 0 Å². The van der Waals surface area contributed by atoms with Crippen molar-refractivity contribution < 1.29 is 27.5 Å². The second-order valence-corrected chi connectivity index (χ2v) is 12.0. The molecule has 4 heterocycles. The first-order valence-electron chi connectivity index (χ1n) is 10.4. The van der Waals surface area contributed by atoms with E-state index < -0.39 is 15.8 Å². The van der Waals surface area contributed by atoms with Crippen LogP contribution in [0.2, 0.25) is 0 Å². The molecule has 32 heavy (non-hydrogen) atoms. The minimum Gasteiger partial charge on any atom is -0.462 e. The maximum atomic E-state index is 13.0. The Bertz CT molecular complexity index is 1130.